The van der Waals surface area contributed by atoms with E-state index in [-0.39, 0.29) is 11.6 Å². The van der Waals surface area contributed by atoms with Crippen LogP contribution in [0.5, 0.6) is 0 Å². The van der Waals surface area contributed by atoms with E-state index >= 15 is 0 Å². The van der Waals surface area contributed by atoms with Gasteiger partial charge in [0.1, 0.15) is 5.69 Å². The summed E-state index contributed by atoms with van der Waals surface area (Å²) in [6.07, 6.45) is 4.39. The van der Waals surface area contributed by atoms with Crippen molar-refractivity contribution in [1.82, 2.24) is 9.36 Å². The van der Waals surface area contributed by atoms with Gasteiger partial charge in [-0.1, -0.05) is 20.8 Å². The maximum atomic E-state index is 12.5. The van der Waals surface area contributed by atoms with Crippen LogP contribution in [0.15, 0.2) is 4.79 Å². The van der Waals surface area contributed by atoms with Gasteiger partial charge in [-0.3, -0.25) is 9.48 Å². The smallest absolute Gasteiger partial charge is 0.290 e. The lowest BCUT2D eigenvalue weighted by Crippen LogP contribution is -2.28. The molecule has 0 amide bonds. The standard InChI is InChI=1S/C15H27N3O/c1-5-8-17-13(9-10(2)3)14(16)15(19)18(17)11(4)12-6-7-12/h10-12H,5-9,16H2,1-4H3. The first-order valence-corrected chi connectivity index (χ1v) is 7.57. The molecule has 0 aromatic carbocycles. The van der Waals surface area contributed by atoms with E-state index in [1.807, 2.05) is 4.68 Å². The SMILES string of the molecule is CCCn1c(CC(C)C)c(N)c(=O)n1C(C)C1CC1. The fourth-order valence-corrected chi connectivity index (χ4v) is 2.87. The molecule has 1 aliphatic rings. The summed E-state index contributed by atoms with van der Waals surface area (Å²) in [6.45, 7) is 9.52. The van der Waals surface area contributed by atoms with Crippen molar-refractivity contribution in [2.45, 2.75) is 66.0 Å². The highest BCUT2D eigenvalue weighted by molar-refractivity contribution is 5.42. The van der Waals surface area contributed by atoms with Gasteiger partial charge < -0.3 is 5.73 Å². The molecule has 1 heterocycles. The molecule has 1 aromatic heterocycles. The molecule has 1 saturated carbocycles. The van der Waals surface area contributed by atoms with Crippen molar-refractivity contribution in [2.75, 3.05) is 5.73 Å². The maximum Gasteiger partial charge on any atom is 0.290 e. The predicted molar refractivity (Wildman–Crippen MR) is 79.4 cm³/mol. The molecule has 2 rings (SSSR count). The highest BCUT2D eigenvalue weighted by Crippen LogP contribution is 2.39. The number of rotatable bonds is 6. The van der Waals surface area contributed by atoms with Crippen LogP contribution in [0.2, 0.25) is 0 Å². The largest absolute Gasteiger partial charge is 0.393 e. The highest BCUT2D eigenvalue weighted by Gasteiger charge is 2.32. The molecule has 0 aliphatic heterocycles. The van der Waals surface area contributed by atoms with Crippen LogP contribution in [0.1, 0.15) is 58.7 Å². The lowest BCUT2D eigenvalue weighted by molar-refractivity contribution is 0.338. The van der Waals surface area contributed by atoms with Gasteiger partial charge in [0.15, 0.2) is 0 Å². The summed E-state index contributed by atoms with van der Waals surface area (Å²) in [5, 5.41) is 0. The monoisotopic (exact) mass is 265 g/mol. The molecule has 4 heteroatoms. The van der Waals surface area contributed by atoms with Gasteiger partial charge in [-0.2, -0.15) is 0 Å². The molecular weight excluding hydrogens is 238 g/mol. The Hall–Kier alpha value is -1.19. The van der Waals surface area contributed by atoms with Crippen molar-refractivity contribution in [1.29, 1.82) is 0 Å². The molecule has 0 spiro atoms. The van der Waals surface area contributed by atoms with Crippen LogP contribution < -0.4 is 11.3 Å². The summed E-state index contributed by atoms with van der Waals surface area (Å²) in [4.78, 5) is 12.5. The van der Waals surface area contributed by atoms with Crippen molar-refractivity contribution >= 4 is 5.69 Å². The minimum atomic E-state index is 0.0171. The minimum Gasteiger partial charge on any atom is -0.393 e. The van der Waals surface area contributed by atoms with Crippen molar-refractivity contribution in [2.24, 2.45) is 11.8 Å². The molecule has 0 saturated heterocycles. The van der Waals surface area contributed by atoms with Crippen molar-refractivity contribution in [3.05, 3.63) is 16.0 Å². The van der Waals surface area contributed by atoms with Crippen LogP contribution in [-0.2, 0) is 13.0 Å². The first kappa shape index (κ1) is 14.2. The van der Waals surface area contributed by atoms with Crippen LogP contribution in [0.4, 0.5) is 5.69 Å². The van der Waals surface area contributed by atoms with E-state index < -0.39 is 0 Å². The molecule has 1 aromatic rings. The molecule has 2 N–H and O–H groups in total. The molecule has 0 radical (unpaired) electrons. The number of anilines is 1. The van der Waals surface area contributed by atoms with Gasteiger partial charge in [-0.05, 0) is 44.4 Å². The third kappa shape index (κ3) is 2.72. The summed E-state index contributed by atoms with van der Waals surface area (Å²) in [5.41, 5.74) is 7.61. The van der Waals surface area contributed by atoms with Gasteiger partial charge in [0.25, 0.3) is 5.56 Å². The molecule has 108 valence electrons. The lowest BCUT2D eigenvalue weighted by atomic mass is 10.1. The highest BCUT2D eigenvalue weighted by atomic mass is 16.1. The predicted octanol–water partition coefficient (Wildman–Crippen LogP) is 2.81. The van der Waals surface area contributed by atoms with Gasteiger partial charge in [0.2, 0.25) is 0 Å². The first-order valence-electron chi connectivity index (χ1n) is 7.57. The average Bonchev–Trinajstić information content (AvgIpc) is 3.15. The Bertz CT molecular complexity index is 494. The number of nitrogens with zero attached hydrogens (tertiary/aromatic N) is 2. The van der Waals surface area contributed by atoms with Crippen LogP contribution in [0.3, 0.4) is 0 Å². The van der Waals surface area contributed by atoms with Crippen molar-refractivity contribution in [3.63, 3.8) is 0 Å². The van der Waals surface area contributed by atoms with Gasteiger partial charge in [0.05, 0.1) is 11.7 Å². The first-order chi connectivity index (χ1) is 8.97. The molecule has 1 atom stereocenters. The second-order valence-electron chi connectivity index (χ2n) is 6.31. The molecular formula is C15H27N3O. The summed E-state index contributed by atoms with van der Waals surface area (Å²) in [5.74, 6) is 1.17. The van der Waals surface area contributed by atoms with E-state index in [1.54, 1.807) is 0 Å². The summed E-state index contributed by atoms with van der Waals surface area (Å²) in [6, 6.07) is 0.280. The fraction of sp³-hybridized carbons (Fsp3) is 0.800. The third-order valence-corrected chi connectivity index (χ3v) is 4.05. The Kier molecular flexibility index (Phi) is 4.07. The number of nitrogens with two attached hydrogens (primary N) is 1. The average molecular weight is 265 g/mol. The number of hydrogen-bond donors (Lipinski definition) is 1. The van der Waals surface area contributed by atoms with Gasteiger partial charge in [0, 0.05) is 6.54 Å². The van der Waals surface area contributed by atoms with Crippen LogP contribution >= 0.6 is 0 Å². The lowest BCUT2D eigenvalue weighted by Gasteiger charge is -2.20. The number of aromatic nitrogens is 2. The topological polar surface area (TPSA) is 52.9 Å². The number of hydrogen-bond acceptors (Lipinski definition) is 2. The van der Waals surface area contributed by atoms with Crippen LogP contribution in [-0.4, -0.2) is 9.36 Å². The summed E-state index contributed by atoms with van der Waals surface area (Å²) < 4.78 is 4.08. The Morgan fingerprint density at radius 3 is 2.42 bits per heavy atom. The van der Waals surface area contributed by atoms with E-state index in [4.69, 9.17) is 5.73 Å². The van der Waals surface area contributed by atoms with Gasteiger partial charge in [-0.25, -0.2) is 4.68 Å². The fourth-order valence-electron chi connectivity index (χ4n) is 2.87. The molecule has 19 heavy (non-hydrogen) atoms. The van der Waals surface area contributed by atoms with E-state index in [2.05, 4.69) is 32.4 Å². The Labute approximate surface area is 115 Å². The summed E-state index contributed by atoms with van der Waals surface area (Å²) >= 11 is 0. The van der Waals surface area contributed by atoms with Gasteiger partial charge >= 0.3 is 0 Å². The normalized spacial score (nSPS) is 17.1. The summed E-state index contributed by atoms with van der Waals surface area (Å²) in [7, 11) is 0. The van der Waals surface area contributed by atoms with E-state index in [9.17, 15) is 4.79 Å². The number of nitrogen functional groups attached to an aromatic ring is 1. The molecule has 4 nitrogen and oxygen atoms in total. The second kappa shape index (κ2) is 5.43. The maximum absolute atomic E-state index is 12.5. The Morgan fingerprint density at radius 1 is 1.32 bits per heavy atom. The zero-order chi connectivity index (χ0) is 14.2. The second-order valence-corrected chi connectivity index (χ2v) is 6.31. The molecule has 1 aliphatic carbocycles. The Balaban J connectivity index is 2.48. The van der Waals surface area contributed by atoms with E-state index in [1.165, 1.54) is 12.8 Å². The molecule has 0 bridgehead atoms. The molecule has 1 unspecified atom stereocenters. The third-order valence-electron chi connectivity index (χ3n) is 4.05. The molecule has 1 fully saturated rings. The van der Waals surface area contributed by atoms with E-state index in [0.29, 0.717) is 17.5 Å². The van der Waals surface area contributed by atoms with Crippen molar-refractivity contribution in [3.8, 4) is 0 Å². The van der Waals surface area contributed by atoms with Gasteiger partial charge in [-0.15, -0.1) is 0 Å². The quantitative estimate of drug-likeness (QED) is 0.860. The Morgan fingerprint density at radius 2 is 1.95 bits per heavy atom. The zero-order valence-electron chi connectivity index (χ0n) is 12.6. The zero-order valence-corrected chi connectivity index (χ0v) is 12.6. The van der Waals surface area contributed by atoms with E-state index in [0.717, 1.165) is 25.1 Å². The minimum absolute atomic E-state index is 0.0171. The van der Waals surface area contributed by atoms with Crippen molar-refractivity contribution < 1.29 is 0 Å². The van der Waals surface area contributed by atoms with Crippen LogP contribution in [0, 0.1) is 11.8 Å². The van der Waals surface area contributed by atoms with Crippen LogP contribution in [0.25, 0.3) is 0 Å².